The number of amides is 1. The van der Waals surface area contributed by atoms with Crippen LogP contribution in [-0.2, 0) is 29.5 Å². The van der Waals surface area contributed by atoms with Gasteiger partial charge >= 0.3 is 12.3 Å². The second kappa shape index (κ2) is 10.8. The molecule has 3 aliphatic rings. The van der Waals surface area contributed by atoms with Gasteiger partial charge in [-0.15, -0.1) is 4.31 Å². The van der Waals surface area contributed by atoms with Crippen LogP contribution in [0.3, 0.4) is 0 Å². The smallest absolute Gasteiger partial charge is 0.416 e. The van der Waals surface area contributed by atoms with Gasteiger partial charge in [-0.2, -0.15) is 13.2 Å². The largest absolute Gasteiger partial charge is 0.445 e. The molecule has 0 N–H and O–H groups in total. The number of piperidine rings is 1. The number of hydrogen-bond donors (Lipinski definition) is 0. The Labute approximate surface area is 230 Å². The zero-order valence-corrected chi connectivity index (χ0v) is 22.4. The molecule has 3 aromatic rings. The first-order valence-corrected chi connectivity index (χ1v) is 14.2. The molecule has 1 unspecified atom stereocenters. The number of benzene rings is 3. The normalized spacial score (nSPS) is 21.1. The molecule has 2 saturated heterocycles. The van der Waals surface area contributed by atoms with Gasteiger partial charge in [-0.1, -0.05) is 42.5 Å². The summed E-state index contributed by atoms with van der Waals surface area (Å²) in [4.78, 5) is 17.9. The molecule has 2 fully saturated rings. The van der Waals surface area contributed by atoms with Crippen molar-refractivity contribution in [2.45, 2.75) is 42.5 Å². The van der Waals surface area contributed by atoms with Crippen LogP contribution in [0.15, 0.2) is 77.7 Å². The van der Waals surface area contributed by atoms with Gasteiger partial charge in [0.25, 0.3) is 0 Å². The van der Waals surface area contributed by atoms with E-state index in [0.717, 1.165) is 68.3 Å². The number of carbonyl (C=O) groups is 1. The van der Waals surface area contributed by atoms with Crippen molar-refractivity contribution in [3.05, 3.63) is 95.1 Å². The average molecular weight is 555 g/mol. The summed E-state index contributed by atoms with van der Waals surface area (Å²) in [6, 6.07) is 22.0. The van der Waals surface area contributed by atoms with Crippen LogP contribution in [0.25, 0.3) is 0 Å². The SMILES string of the molecule is O=C(OCc1ccccc1)N1CCC2C[C@@H]1c1cc(N3CCN([SH+]c4cccc(C(F)(F)F)c4)CC3)ccc12. The maximum absolute atomic E-state index is 13.1. The molecule has 0 saturated carbocycles. The molecule has 2 bridgehead atoms. The third-order valence-electron chi connectivity index (χ3n) is 7.96. The second-order valence-corrected chi connectivity index (χ2v) is 11.7. The molecule has 0 aromatic heterocycles. The van der Waals surface area contributed by atoms with Crippen molar-refractivity contribution in [1.29, 1.82) is 0 Å². The standard InChI is InChI=1S/C30H30F3N3O2S/c31-30(32,33)23-7-4-8-25(18-23)39-35-15-13-34(14-16-35)24-9-10-26-22-11-12-36(28(17-22)27(26)19-24)29(37)38-20-21-5-2-1-3-6-21/h1-10,18-19,22,28H,11-17,20H2/p+1/t22?,28-/m1/s1. The maximum atomic E-state index is 13.1. The van der Waals surface area contributed by atoms with E-state index in [0.29, 0.717) is 17.4 Å². The molecular formula is C30H31F3N3O2S+. The van der Waals surface area contributed by atoms with Crippen LogP contribution in [0.1, 0.15) is 47.1 Å². The van der Waals surface area contributed by atoms with E-state index >= 15 is 0 Å². The molecular weight excluding hydrogens is 523 g/mol. The van der Waals surface area contributed by atoms with E-state index in [1.54, 1.807) is 6.07 Å². The van der Waals surface area contributed by atoms with Crippen molar-refractivity contribution in [1.82, 2.24) is 9.21 Å². The van der Waals surface area contributed by atoms with Crippen LogP contribution < -0.4 is 4.90 Å². The fourth-order valence-electron chi connectivity index (χ4n) is 5.94. The minimum Gasteiger partial charge on any atom is -0.445 e. The molecule has 9 heteroatoms. The van der Waals surface area contributed by atoms with Crippen LogP contribution in [0, 0.1) is 0 Å². The van der Waals surface area contributed by atoms with E-state index in [-0.39, 0.29) is 18.7 Å². The highest BCUT2D eigenvalue weighted by Gasteiger charge is 2.42. The highest BCUT2D eigenvalue weighted by Crippen LogP contribution is 2.50. The van der Waals surface area contributed by atoms with Crippen molar-refractivity contribution >= 4 is 23.7 Å². The maximum Gasteiger partial charge on any atom is 0.416 e. The van der Waals surface area contributed by atoms with Gasteiger partial charge in [0.15, 0.2) is 4.90 Å². The Morgan fingerprint density at radius 3 is 2.46 bits per heavy atom. The van der Waals surface area contributed by atoms with Crippen molar-refractivity contribution < 1.29 is 22.7 Å². The third kappa shape index (κ3) is 5.61. The lowest BCUT2D eigenvalue weighted by Crippen LogP contribution is -2.45. The summed E-state index contributed by atoms with van der Waals surface area (Å²) >= 11 is 0.797. The molecule has 1 amide bonds. The number of alkyl halides is 3. The van der Waals surface area contributed by atoms with E-state index in [4.69, 9.17) is 4.74 Å². The quantitative estimate of drug-likeness (QED) is 0.279. The van der Waals surface area contributed by atoms with Crippen molar-refractivity contribution in [3.8, 4) is 0 Å². The molecule has 0 spiro atoms. The molecule has 3 aromatic carbocycles. The molecule has 2 aliphatic heterocycles. The number of thiol groups is 1. The van der Waals surface area contributed by atoms with Gasteiger partial charge in [-0.25, -0.2) is 4.79 Å². The molecule has 2 atom stereocenters. The van der Waals surface area contributed by atoms with Crippen LogP contribution >= 0.6 is 0 Å². The minimum atomic E-state index is -4.33. The number of rotatable bonds is 5. The van der Waals surface area contributed by atoms with E-state index in [1.165, 1.54) is 23.3 Å². The van der Waals surface area contributed by atoms with Gasteiger partial charge in [-0.3, -0.25) is 0 Å². The lowest BCUT2D eigenvalue weighted by molar-refractivity contribution is -0.137. The predicted octanol–water partition coefficient (Wildman–Crippen LogP) is 6.19. The third-order valence-corrected chi connectivity index (χ3v) is 9.15. The Balaban J connectivity index is 1.09. The molecule has 0 radical (unpaired) electrons. The predicted molar refractivity (Wildman–Crippen MR) is 147 cm³/mol. The number of fused-ring (bicyclic) bond motifs is 5. The highest BCUT2D eigenvalue weighted by molar-refractivity contribution is 7.76. The number of anilines is 1. The summed E-state index contributed by atoms with van der Waals surface area (Å²) in [7, 11) is 0. The van der Waals surface area contributed by atoms with Gasteiger partial charge in [-0.05, 0) is 59.7 Å². The van der Waals surface area contributed by atoms with Crippen molar-refractivity contribution in [2.24, 2.45) is 0 Å². The Morgan fingerprint density at radius 1 is 0.897 bits per heavy atom. The fraction of sp³-hybridized carbons (Fsp3) is 0.367. The Hall–Kier alpha value is -3.17. The first-order valence-electron chi connectivity index (χ1n) is 13.3. The summed E-state index contributed by atoms with van der Waals surface area (Å²) in [5.74, 6) is 0.473. The highest BCUT2D eigenvalue weighted by atomic mass is 32.2. The van der Waals surface area contributed by atoms with Crippen LogP contribution in [-0.4, -0.2) is 48.0 Å². The average Bonchev–Trinajstić information content (AvgIpc) is 3.23. The number of carbonyl (C=O) groups excluding carboxylic acids is 1. The lowest BCUT2D eigenvalue weighted by Gasteiger charge is -2.34. The number of ether oxygens (including phenoxy) is 1. The zero-order valence-electron chi connectivity index (χ0n) is 21.5. The molecule has 204 valence electrons. The van der Waals surface area contributed by atoms with Crippen LogP contribution in [0.2, 0.25) is 0 Å². The van der Waals surface area contributed by atoms with Gasteiger partial charge in [0, 0.05) is 31.4 Å². The summed E-state index contributed by atoms with van der Waals surface area (Å²) < 4.78 is 47.1. The summed E-state index contributed by atoms with van der Waals surface area (Å²) in [6.07, 6.45) is -2.72. The summed E-state index contributed by atoms with van der Waals surface area (Å²) in [5.41, 5.74) is 4.06. The Kier molecular flexibility index (Phi) is 7.20. The second-order valence-electron chi connectivity index (χ2n) is 10.4. The van der Waals surface area contributed by atoms with Gasteiger partial charge in [0.2, 0.25) is 0 Å². The van der Waals surface area contributed by atoms with Crippen molar-refractivity contribution in [2.75, 3.05) is 37.6 Å². The number of hydrogen-bond acceptors (Lipinski definition) is 4. The van der Waals surface area contributed by atoms with E-state index in [9.17, 15) is 18.0 Å². The van der Waals surface area contributed by atoms with E-state index in [2.05, 4.69) is 27.4 Å². The lowest BCUT2D eigenvalue weighted by atomic mass is 9.96. The summed E-state index contributed by atoms with van der Waals surface area (Å²) in [5, 5.41) is 0. The molecule has 2 heterocycles. The first kappa shape index (κ1) is 26.1. The van der Waals surface area contributed by atoms with Gasteiger partial charge in [0.05, 0.1) is 36.6 Å². The van der Waals surface area contributed by atoms with E-state index < -0.39 is 11.7 Å². The molecule has 5 nitrogen and oxygen atoms in total. The number of likely N-dealkylation sites (tertiary alicyclic amines) is 1. The van der Waals surface area contributed by atoms with Crippen LogP contribution in [0.5, 0.6) is 0 Å². The fourth-order valence-corrected chi connectivity index (χ4v) is 7.00. The van der Waals surface area contributed by atoms with Crippen molar-refractivity contribution in [3.63, 3.8) is 0 Å². The molecule has 39 heavy (non-hydrogen) atoms. The number of nitrogens with zero attached hydrogens (tertiary/aromatic N) is 3. The molecule has 1 aliphatic carbocycles. The van der Waals surface area contributed by atoms with Gasteiger partial charge in [0.1, 0.15) is 6.61 Å². The van der Waals surface area contributed by atoms with E-state index in [1.807, 2.05) is 35.2 Å². The summed E-state index contributed by atoms with van der Waals surface area (Å²) in [6.45, 7) is 4.07. The van der Waals surface area contributed by atoms with Crippen LogP contribution in [0.4, 0.5) is 23.7 Å². The molecule has 6 rings (SSSR count). The monoisotopic (exact) mass is 554 g/mol. The number of piperazine rings is 1. The minimum absolute atomic E-state index is 0.0303. The topological polar surface area (TPSA) is 36.0 Å². The number of halogens is 3. The first-order chi connectivity index (χ1) is 18.8. The Morgan fingerprint density at radius 2 is 1.69 bits per heavy atom. The Bertz CT molecular complexity index is 1330. The zero-order chi connectivity index (χ0) is 27.0. The van der Waals surface area contributed by atoms with Gasteiger partial charge < -0.3 is 14.5 Å².